The number of methoxy groups -OCH3 is 1. The van der Waals surface area contributed by atoms with Gasteiger partial charge in [-0.15, -0.1) is 11.3 Å². The van der Waals surface area contributed by atoms with E-state index in [2.05, 4.69) is 15.6 Å². The molecule has 1 amide bonds. The van der Waals surface area contributed by atoms with Crippen LogP contribution in [0.2, 0.25) is 10.0 Å². The van der Waals surface area contributed by atoms with Crippen molar-refractivity contribution >= 4 is 84.6 Å². The number of hydrogen-bond acceptors (Lipinski definition) is 6. The molecule has 6 nitrogen and oxygen atoms in total. The first kappa shape index (κ1) is 22.6. The largest absolute Gasteiger partial charge is 0.497 e. The summed E-state index contributed by atoms with van der Waals surface area (Å²) in [6.45, 7) is 0. The summed E-state index contributed by atoms with van der Waals surface area (Å²) in [6, 6.07) is 18.1. The Morgan fingerprint density at radius 3 is 2.79 bits per heavy atom. The maximum atomic E-state index is 12.8. The van der Waals surface area contributed by atoms with Crippen LogP contribution in [0.25, 0.3) is 32.6 Å². The smallest absolute Gasteiger partial charge is 0.269 e. The standard InChI is InChI=1S/C24H15Cl2N3O3S2/c1-31-15-6-8-18-17(11-15)28-23(32-18)12-3-2-4-14(9-12)27-24(33)29-22(30)21-20(26)16-7-5-13(25)10-19(16)34-21/h2-11H,1H3,(H2,27,29,30,33). The van der Waals surface area contributed by atoms with Gasteiger partial charge < -0.3 is 14.5 Å². The van der Waals surface area contributed by atoms with Crippen LogP contribution >= 0.6 is 46.8 Å². The Kier molecular flexibility index (Phi) is 6.14. The van der Waals surface area contributed by atoms with Crippen molar-refractivity contribution in [1.82, 2.24) is 10.3 Å². The van der Waals surface area contributed by atoms with Crippen molar-refractivity contribution in [3.05, 3.63) is 75.6 Å². The lowest BCUT2D eigenvalue weighted by Gasteiger charge is -2.09. The molecule has 0 aliphatic carbocycles. The van der Waals surface area contributed by atoms with E-state index in [9.17, 15) is 4.79 Å². The lowest BCUT2D eigenvalue weighted by molar-refractivity contribution is 0.0982. The van der Waals surface area contributed by atoms with Gasteiger partial charge in [-0.1, -0.05) is 35.3 Å². The second-order valence-corrected chi connectivity index (χ2v) is 9.50. The number of halogens is 2. The Bertz CT molecular complexity index is 1580. The monoisotopic (exact) mass is 527 g/mol. The molecule has 0 spiro atoms. The first-order valence-corrected chi connectivity index (χ1v) is 11.9. The number of thiophene rings is 1. The molecular formula is C24H15Cl2N3O3S2. The fraction of sp³-hybridized carbons (Fsp3) is 0.0417. The number of anilines is 1. The highest BCUT2D eigenvalue weighted by Crippen LogP contribution is 2.36. The second kappa shape index (κ2) is 9.23. The summed E-state index contributed by atoms with van der Waals surface area (Å²) in [5, 5.41) is 7.54. The minimum atomic E-state index is -0.399. The molecule has 170 valence electrons. The van der Waals surface area contributed by atoms with Crippen molar-refractivity contribution in [2.24, 2.45) is 0 Å². The van der Waals surface area contributed by atoms with Gasteiger partial charge in [0.05, 0.1) is 12.1 Å². The van der Waals surface area contributed by atoms with Crippen LogP contribution in [0.1, 0.15) is 9.67 Å². The Morgan fingerprint density at radius 1 is 1.12 bits per heavy atom. The minimum Gasteiger partial charge on any atom is -0.497 e. The molecule has 10 heteroatoms. The zero-order chi connectivity index (χ0) is 23.8. The van der Waals surface area contributed by atoms with Gasteiger partial charge in [0.25, 0.3) is 5.91 Å². The molecule has 0 saturated heterocycles. The third kappa shape index (κ3) is 4.45. The maximum absolute atomic E-state index is 12.8. The van der Waals surface area contributed by atoms with E-state index in [1.807, 2.05) is 42.5 Å². The van der Waals surface area contributed by atoms with E-state index >= 15 is 0 Å². The Labute approximate surface area is 213 Å². The number of hydrogen-bond donors (Lipinski definition) is 2. The van der Waals surface area contributed by atoms with Crippen molar-refractivity contribution < 1.29 is 13.9 Å². The van der Waals surface area contributed by atoms with Crippen LogP contribution in [0.5, 0.6) is 5.75 Å². The molecule has 5 rings (SSSR count). The molecule has 34 heavy (non-hydrogen) atoms. The molecule has 5 aromatic rings. The molecule has 3 aromatic carbocycles. The van der Waals surface area contributed by atoms with Gasteiger partial charge in [0, 0.05) is 32.4 Å². The van der Waals surface area contributed by atoms with Gasteiger partial charge in [-0.2, -0.15) is 0 Å². The molecule has 0 saturated carbocycles. The molecule has 2 heterocycles. The summed E-state index contributed by atoms with van der Waals surface area (Å²) in [6.07, 6.45) is 0. The summed E-state index contributed by atoms with van der Waals surface area (Å²) in [7, 11) is 1.60. The number of ether oxygens (including phenoxy) is 1. The molecule has 0 aliphatic rings. The van der Waals surface area contributed by atoms with Crippen LogP contribution in [-0.4, -0.2) is 23.1 Å². The highest BCUT2D eigenvalue weighted by molar-refractivity contribution is 7.80. The van der Waals surface area contributed by atoms with Crippen LogP contribution in [0, 0.1) is 0 Å². The molecule has 0 atom stereocenters. The SMILES string of the molecule is COc1ccc2oc(-c3cccc(NC(=S)NC(=O)c4sc5cc(Cl)ccc5c4Cl)c3)nc2c1. The van der Waals surface area contributed by atoms with Crippen LogP contribution in [0.4, 0.5) is 5.69 Å². The highest BCUT2D eigenvalue weighted by atomic mass is 35.5. The van der Waals surface area contributed by atoms with Crippen molar-refractivity contribution in [3.8, 4) is 17.2 Å². The predicted octanol–water partition coefficient (Wildman–Crippen LogP) is 7.15. The van der Waals surface area contributed by atoms with Crippen molar-refractivity contribution in [1.29, 1.82) is 0 Å². The third-order valence-electron chi connectivity index (χ3n) is 4.99. The fourth-order valence-electron chi connectivity index (χ4n) is 3.39. The van der Waals surface area contributed by atoms with Crippen molar-refractivity contribution in [2.75, 3.05) is 12.4 Å². The molecular weight excluding hydrogens is 513 g/mol. The number of carbonyl (C=O) groups is 1. The summed E-state index contributed by atoms with van der Waals surface area (Å²) in [5.41, 5.74) is 2.76. The number of benzene rings is 3. The number of aromatic nitrogens is 1. The van der Waals surface area contributed by atoms with E-state index in [1.165, 1.54) is 11.3 Å². The number of oxazole rings is 1. The second-order valence-electron chi connectivity index (χ2n) is 7.23. The number of rotatable bonds is 4. The van der Waals surface area contributed by atoms with E-state index in [0.29, 0.717) is 43.3 Å². The summed E-state index contributed by atoms with van der Waals surface area (Å²) in [5.74, 6) is 0.757. The number of nitrogens with one attached hydrogen (secondary N) is 2. The highest BCUT2D eigenvalue weighted by Gasteiger charge is 2.18. The van der Waals surface area contributed by atoms with Gasteiger partial charge in [-0.05, 0) is 54.7 Å². The molecule has 0 aliphatic heterocycles. The number of thiocarbonyl (C=S) groups is 1. The average molecular weight is 528 g/mol. The fourth-order valence-corrected chi connectivity index (χ4v) is 5.29. The number of nitrogens with zero attached hydrogens (tertiary/aromatic N) is 1. The first-order valence-electron chi connectivity index (χ1n) is 9.96. The summed E-state index contributed by atoms with van der Waals surface area (Å²) < 4.78 is 11.9. The van der Waals surface area contributed by atoms with Gasteiger partial charge in [0.1, 0.15) is 16.1 Å². The van der Waals surface area contributed by atoms with Crippen LogP contribution in [0.3, 0.4) is 0 Å². The molecule has 0 unspecified atom stereocenters. The van der Waals surface area contributed by atoms with Crippen LogP contribution in [-0.2, 0) is 0 Å². The molecule has 2 N–H and O–H groups in total. The Balaban J connectivity index is 1.32. The normalized spacial score (nSPS) is 11.0. The van der Waals surface area contributed by atoms with Gasteiger partial charge in [0.15, 0.2) is 10.7 Å². The lowest BCUT2D eigenvalue weighted by atomic mass is 10.2. The van der Waals surface area contributed by atoms with E-state index in [4.69, 9.17) is 44.6 Å². The number of fused-ring (bicyclic) bond motifs is 2. The third-order valence-corrected chi connectivity index (χ3v) is 7.08. The van der Waals surface area contributed by atoms with E-state index in [-0.39, 0.29) is 5.11 Å². The number of carbonyl (C=O) groups excluding carboxylic acids is 1. The average Bonchev–Trinajstić information content (AvgIpc) is 3.39. The molecule has 0 radical (unpaired) electrons. The van der Waals surface area contributed by atoms with Gasteiger partial charge >= 0.3 is 0 Å². The Morgan fingerprint density at radius 2 is 1.97 bits per heavy atom. The lowest BCUT2D eigenvalue weighted by Crippen LogP contribution is -2.33. The van der Waals surface area contributed by atoms with Crippen LogP contribution < -0.4 is 15.4 Å². The Hall–Kier alpha value is -3.17. The van der Waals surface area contributed by atoms with Crippen molar-refractivity contribution in [2.45, 2.75) is 0 Å². The maximum Gasteiger partial charge on any atom is 0.269 e. The van der Waals surface area contributed by atoms with Crippen LogP contribution in [0.15, 0.2) is 65.1 Å². The van der Waals surface area contributed by atoms with Gasteiger partial charge in [0.2, 0.25) is 5.89 Å². The molecule has 2 aromatic heterocycles. The van der Waals surface area contributed by atoms with Gasteiger partial charge in [-0.25, -0.2) is 4.98 Å². The zero-order valence-electron chi connectivity index (χ0n) is 17.5. The van der Waals surface area contributed by atoms with Crippen molar-refractivity contribution in [3.63, 3.8) is 0 Å². The topological polar surface area (TPSA) is 76.4 Å². The number of amides is 1. The van der Waals surface area contributed by atoms with E-state index < -0.39 is 5.91 Å². The molecule has 0 fully saturated rings. The van der Waals surface area contributed by atoms with E-state index in [0.717, 1.165) is 15.6 Å². The summed E-state index contributed by atoms with van der Waals surface area (Å²) in [4.78, 5) is 17.7. The first-order chi connectivity index (χ1) is 16.4. The minimum absolute atomic E-state index is 0.135. The van der Waals surface area contributed by atoms with Gasteiger partial charge in [-0.3, -0.25) is 10.1 Å². The molecule has 0 bridgehead atoms. The zero-order valence-corrected chi connectivity index (χ0v) is 20.7. The summed E-state index contributed by atoms with van der Waals surface area (Å²) >= 11 is 19.0. The quantitative estimate of drug-likeness (QED) is 0.241. The predicted molar refractivity (Wildman–Crippen MR) is 142 cm³/mol. The van der Waals surface area contributed by atoms with E-state index in [1.54, 1.807) is 25.3 Å².